The molecule has 0 saturated carbocycles. The summed E-state index contributed by atoms with van der Waals surface area (Å²) >= 11 is 0. The first-order chi connectivity index (χ1) is 16.2. The number of nitrogens with one attached hydrogen (secondary N) is 1. The molecule has 0 bridgehead atoms. The molecule has 0 aliphatic rings. The lowest BCUT2D eigenvalue weighted by Crippen LogP contribution is -2.25. The molecule has 0 saturated heterocycles. The summed E-state index contributed by atoms with van der Waals surface area (Å²) in [6, 6.07) is 0. The number of carbonyl (C=O) groups excluding carboxylic acids is 1. The molecule has 0 aromatic rings. The maximum atomic E-state index is 11.3. The third-order valence-electron chi connectivity index (χ3n) is 5.49. The van der Waals surface area contributed by atoms with Gasteiger partial charge in [-0.15, -0.1) is 0 Å². The van der Waals surface area contributed by atoms with Gasteiger partial charge in [0.05, 0.1) is 32.8 Å². The Hall–Kier alpha value is -1.18. The van der Waals surface area contributed by atoms with Gasteiger partial charge < -0.3 is 24.6 Å². The van der Waals surface area contributed by atoms with Crippen LogP contribution in [0.5, 0.6) is 0 Å². The number of carboxylic acid groups (broad SMARTS) is 1. The number of carboxylic acids is 1. The first kappa shape index (κ1) is 31.8. The number of aliphatic carboxylic acids is 1. The van der Waals surface area contributed by atoms with E-state index in [0.717, 1.165) is 13.0 Å². The largest absolute Gasteiger partial charge is 0.481 e. The van der Waals surface area contributed by atoms with Gasteiger partial charge in [0, 0.05) is 26.2 Å². The SMILES string of the molecule is CCCCCCCCCCCCCCCOCCOCCOCCCNC(=O)CCC(=O)O. The van der Waals surface area contributed by atoms with Crippen LogP contribution in [0.4, 0.5) is 0 Å². The zero-order valence-corrected chi connectivity index (χ0v) is 21.3. The topological polar surface area (TPSA) is 94.1 Å². The van der Waals surface area contributed by atoms with Crippen molar-refractivity contribution in [3.05, 3.63) is 0 Å². The summed E-state index contributed by atoms with van der Waals surface area (Å²) in [5.41, 5.74) is 0. The predicted octanol–water partition coefficient (Wildman–Crippen LogP) is 5.50. The van der Waals surface area contributed by atoms with Crippen molar-refractivity contribution in [2.24, 2.45) is 0 Å². The van der Waals surface area contributed by atoms with Gasteiger partial charge in [-0.25, -0.2) is 0 Å². The molecule has 0 aliphatic heterocycles. The van der Waals surface area contributed by atoms with Crippen LogP contribution >= 0.6 is 0 Å². The zero-order chi connectivity index (χ0) is 24.2. The Morgan fingerprint density at radius 3 is 1.48 bits per heavy atom. The molecule has 0 spiro atoms. The van der Waals surface area contributed by atoms with Gasteiger partial charge in [0.2, 0.25) is 5.91 Å². The highest BCUT2D eigenvalue weighted by Gasteiger charge is 2.04. The number of rotatable bonds is 27. The number of amides is 1. The molecule has 0 aliphatic carbocycles. The standard InChI is InChI=1S/C26H51NO6/c1-2-3-4-5-6-7-8-9-10-11-12-13-14-19-31-21-23-33-24-22-32-20-15-18-27-25(28)16-17-26(29)30/h2-24H2,1H3,(H,27,28)(H,29,30). The lowest BCUT2D eigenvalue weighted by atomic mass is 10.0. The molecule has 0 rings (SSSR count). The minimum absolute atomic E-state index is 0.0193. The van der Waals surface area contributed by atoms with Crippen LogP contribution in [0.3, 0.4) is 0 Å². The van der Waals surface area contributed by atoms with Crippen LogP contribution in [0.2, 0.25) is 0 Å². The van der Waals surface area contributed by atoms with Gasteiger partial charge in [-0.3, -0.25) is 9.59 Å². The molecule has 0 aromatic heterocycles. The summed E-state index contributed by atoms with van der Waals surface area (Å²) in [5.74, 6) is -1.20. The van der Waals surface area contributed by atoms with Gasteiger partial charge in [0.15, 0.2) is 0 Å². The van der Waals surface area contributed by atoms with E-state index >= 15 is 0 Å². The number of hydrogen-bond donors (Lipinski definition) is 2. The Balaban J connectivity index is 3.08. The van der Waals surface area contributed by atoms with Gasteiger partial charge in [-0.05, 0) is 12.8 Å². The van der Waals surface area contributed by atoms with Gasteiger partial charge in [0.1, 0.15) is 0 Å². The van der Waals surface area contributed by atoms with Gasteiger partial charge in [-0.1, -0.05) is 84.0 Å². The molecular formula is C26H51NO6. The summed E-state index contributed by atoms with van der Waals surface area (Å²) < 4.78 is 16.5. The predicted molar refractivity (Wildman–Crippen MR) is 133 cm³/mol. The number of ether oxygens (including phenoxy) is 3. The van der Waals surface area contributed by atoms with Crippen LogP contribution in [-0.2, 0) is 23.8 Å². The molecule has 0 heterocycles. The highest BCUT2D eigenvalue weighted by Crippen LogP contribution is 2.12. The molecule has 0 atom stereocenters. The van der Waals surface area contributed by atoms with Crippen molar-refractivity contribution in [2.75, 3.05) is 46.2 Å². The van der Waals surface area contributed by atoms with Crippen LogP contribution in [0.15, 0.2) is 0 Å². The Kier molecular flexibility index (Phi) is 26.1. The molecule has 7 nitrogen and oxygen atoms in total. The Labute approximate surface area is 202 Å². The minimum Gasteiger partial charge on any atom is -0.481 e. The van der Waals surface area contributed by atoms with E-state index < -0.39 is 5.97 Å². The van der Waals surface area contributed by atoms with E-state index in [4.69, 9.17) is 19.3 Å². The normalized spacial score (nSPS) is 11.1. The fraction of sp³-hybridized carbons (Fsp3) is 0.923. The van der Waals surface area contributed by atoms with Crippen molar-refractivity contribution in [1.29, 1.82) is 0 Å². The number of carbonyl (C=O) groups is 2. The fourth-order valence-corrected chi connectivity index (χ4v) is 3.47. The maximum absolute atomic E-state index is 11.3. The number of unbranched alkanes of at least 4 members (excludes halogenated alkanes) is 12. The van der Waals surface area contributed by atoms with Crippen molar-refractivity contribution in [2.45, 2.75) is 110 Å². The smallest absolute Gasteiger partial charge is 0.303 e. The van der Waals surface area contributed by atoms with E-state index in [1.807, 2.05) is 0 Å². The van der Waals surface area contributed by atoms with E-state index in [9.17, 15) is 9.59 Å². The molecule has 7 heteroatoms. The lowest BCUT2D eigenvalue weighted by Gasteiger charge is -2.07. The molecular weight excluding hydrogens is 422 g/mol. The second-order valence-corrected chi connectivity index (χ2v) is 8.68. The van der Waals surface area contributed by atoms with Gasteiger partial charge in [-0.2, -0.15) is 0 Å². The van der Waals surface area contributed by atoms with Crippen molar-refractivity contribution in [3.8, 4) is 0 Å². The Bertz CT molecular complexity index is 433. The second kappa shape index (κ2) is 27.1. The third-order valence-corrected chi connectivity index (χ3v) is 5.49. The molecule has 0 fully saturated rings. The Morgan fingerprint density at radius 2 is 1.00 bits per heavy atom. The van der Waals surface area contributed by atoms with E-state index in [1.54, 1.807) is 0 Å². The van der Waals surface area contributed by atoms with Crippen LogP contribution in [0, 0.1) is 0 Å². The quantitative estimate of drug-likeness (QED) is 0.153. The van der Waals surface area contributed by atoms with Crippen molar-refractivity contribution in [3.63, 3.8) is 0 Å². The molecule has 2 N–H and O–H groups in total. The van der Waals surface area contributed by atoms with Crippen molar-refractivity contribution < 1.29 is 28.9 Å². The summed E-state index contributed by atoms with van der Waals surface area (Å²) in [6.07, 6.45) is 18.3. The lowest BCUT2D eigenvalue weighted by molar-refractivity contribution is -0.138. The summed E-state index contributed by atoms with van der Waals surface area (Å²) in [7, 11) is 0. The summed E-state index contributed by atoms with van der Waals surface area (Å²) in [6.45, 7) is 6.38. The molecule has 0 radical (unpaired) electrons. The molecule has 196 valence electrons. The van der Waals surface area contributed by atoms with Crippen molar-refractivity contribution in [1.82, 2.24) is 5.32 Å². The average molecular weight is 474 g/mol. The molecule has 0 aromatic carbocycles. The van der Waals surface area contributed by atoms with Crippen LogP contribution in [-0.4, -0.2) is 63.2 Å². The van der Waals surface area contributed by atoms with Gasteiger partial charge >= 0.3 is 5.97 Å². The zero-order valence-electron chi connectivity index (χ0n) is 21.3. The highest BCUT2D eigenvalue weighted by molar-refractivity contribution is 5.80. The molecule has 33 heavy (non-hydrogen) atoms. The fourth-order valence-electron chi connectivity index (χ4n) is 3.47. The van der Waals surface area contributed by atoms with Gasteiger partial charge in [0.25, 0.3) is 0 Å². The molecule has 0 unspecified atom stereocenters. The monoisotopic (exact) mass is 473 g/mol. The minimum atomic E-state index is -0.960. The average Bonchev–Trinajstić information content (AvgIpc) is 2.80. The van der Waals surface area contributed by atoms with E-state index in [1.165, 1.54) is 77.0 Å². The van der Waals surface area contributed by atoms with Crippen LogP contribution in [0.25, 0.3) is 0 Å². The van der Waals surface area contributed by atoms with E-state index in [-0.39, 0.29) is 18.7 Å². The first-order valence-corrected chi connectivity index (χ1v) is 13.4. The maximum Gasteiger partial charge on any atom is 0.303 e. The summed E-state index contributed by atoms with van der Waals surface area (Å²) in [5, 5.41) is 11.2. The first-order valence-electron chi connectivity index (χ1n) is 13.4. The highest BCUT2D eigenvalue weighted by atomic mass is 16.5. The number of hydrogen-bond acceptors (Lipinski definition) is 5. The summed E-state index contributed by atoms with van der Waals surface area (Å²) in [4.78, 5) is 21.7. The van der Waals surface area contributed by atoms with Crippen molar-refractivity contribution >= 4 is 11.9 Å². The van der Waals surface area contributed by atoms with Crippen LogP contribution in [0.1, 0.15) is 110 Å². The second-order valence-electron chi connectivity index (χ2n) is 8.68. The third kappa shape index (κ3) is 28.8. The van der Waals surface area contributed by atoms with E-state index in [2.05, 4.69) is 12.2 Å². The van der Waals surface area contributed by atoms with E-state index in [0.29, 0.717) is 46.0 Å². The Morgan fingerprint density at radius 1 is 0.576 bits per heavy atom. The van der Waals surface area contributed by atoms with Crippen LogP contribution < -0.4 is 5.32 Å². The molecule has 1 amide bonds.